The lowest BCUT2D eigenvalue weighted by Crippen LogP contribution is -2.33. The van der Waals surface area contributed by atoms with Crippen molar-refractivity contribution in [1.29, 1.82) is 0 Å². The van der Waals surface area contributed by atoms with Gasteiger partial charge in [0.15, 0.2) is 0 Å². The maximum absolute atomic E-state index is 12.8. The third-order valence-electron chi connectivity index (χ3n) is 4.18. The lowest BCUT2D eigenvalue weighted by atomic mass is 10.0. The van der Waals surface area contributed by atoms with Crippen LogP contribution in [0.3, 0.4) is 0 Å². The van der Waals surface area contributed by atoms with Crippen molar-refractivity contribution in [2.45, 2.75) is 40.0 Å². The quantitative estimate of drug-likeness (QED) is 0.692. The van der Waals surface area contributed by atoms with Crippen molar-refractivity contribution >= 4 is 44.3 Å². The molecule has 0 saturated heterocycles. The van der Waals surface area contributed by atoms with Crippen LogP contribution in [0.25, 0.3) is 10.8 Å². The minimum Gasteiger partial charge on any atom is -0.481 e. The summed E-state index contributed by atoms with van der Waals surface area (Å²) in [4.78, 5) is 25.4. The van der Waals surface area contributed by atoms with E-state index in [0.717, 1.165) is 26.5 Å². The van der Waals surface area contributed by atoms with Crippen molar-refractivity contribution in [1.82, 2.24) is 0 Å². The molecule has 0 saturated carbocycles. The molecule has 2 aromatic rings. The zero-order valence-corrected chi connectivity index (χ0v) is 16.5. The first-order valence-electron chi connectivity index (χ1n) is 8.51. The van der Waals surface area contributed by atoms with Crippen LogP contribution in [0, 0.1) is 12.8 Å². The Morgan fingerprint density at radius 2 is 1.84 bits per heavy atom. The van der Waals surface area contributed by atoms with Crippen LogP contribution in [0.2, 0.25) is 0 Å². The van der Waals surface area contributed by atoms with Gasteiger partial charge in [0.25, 0.3) is 0 Å². The molecule has 134 valence electrons. The molecule has 0 aliphatic carbocycles. The minimum atomic E-state index is -0.841. The van der Waals surface area contributed by atoms with Crippen LogP contribution in [0.1, 0.15) is 38.7 Å². The number of benzene rings is 2. The maximum Gasteiger partial charge on any atom is 0.303 e. The largest absolute Gasteiger partial charge is 0.481 e. The van der Waals surface area contributed by atoms with Crippen LogP contribution in [0.15, 0.2) is 34.8 Å². The second-order valence-electron chi connectivity index (χ2n) is 6.69. The number of carboxylic acid groups (broad SMARTS) is 1. The highest BCUT2D eigenvalue weighted by atomic mass is 79.9. The smallest absolute Gasteiger partial charge is 0.303 e. The Kier molecular flexibility index (Phi) is 6.59. The summed E-state index contributed by atoms with van der Waals surface area (Å²) in [6, 6.07) is 9.96. The molecule has 0 aliphatic heterocycles. The van der Waals surface area contributed by atoms with Crippen molar-refractivity contribution in [2.24, 2.45) is 5.92 Å². The zero-order valence-electron chi connectivity index (χ0n) is 14.9. The van der Waals surface area contributed by atoms with Crippen LogP contribution in [-0.2, 0) is 9.59 Å². The number of aliphatic carboxylic acids is 1. The molecule has 0 atom stereocenters. The van der Waals surface area contributed by atoms with E-state index in [9.17, 15) is 9.59 Å². The van der Waals surface area contributed by atoms with Crippen molar-refractivity contribution < 1.29 is 14.7 Å². The normalized spacial score (nSPS) is 11.1. The molecule has 2 aromatic carbocycles. The number of carbonyl (C=O) groups excluding carboxylic acids is 1. The molecule has 0 radical (unpaired) electrons. The van der Waals surface area contributed by atoms with Gasteiger partial charge in [0.1, 0.15) is 0 Å². The molecule has 0 aliphatic rings. The predicted molar refractivity (Wildman–Crippen MR) is 105 cm³/mol. The lowest BCUT2D eigenvalue weighted by molar-refractivity contribution is -0.137. The van der Waals surface area contributed by atoms with Gasteiger partial charge in [-0.2, -0.15) is 0 Å². The minimum absolute atomic E-state index is 0.0290. The first kappa shape index (κ1) is 19.4. The van der Waals surface area contributed by atoms with E-state index in [2.05, 4.69) is 15.9 Å². The summed E-state index contributed by atoms with van der Waals surface area (Å²) in [5, 5.41) is 11.0. The van der Waals surface area contributed by atoms with E-state index >= 15 is 0 Å². The van der Waals surface area contributed by atoms with E-state index in [-0.39, 0.29) is 18.2 Å². The fraction of sp³-hybridized carbons (Fsp3) is 0.400. The van der Waals surface area contributed by atoms with E-state index in [4.69, 9.17) is 5.11 Å². The number of carbonyl (C=O) groups is 2. The van der Waals surface area contributed by atoms with E-state index in [0.29, 0.717) is 19.4 Å². The Labute approximate surface area is 157 Å². The number of aryl methyl sites for hydroxylation is 1. The van der Waals surface area contributed by atoms with Crippen LogP contribution >= 0.6 is 15.9 Å². The standard InChI is InChI=1S/C20H24BrNO3/c1-13(2)11-19(23)22(10-6-9-20(24)25)18-12-17(21)14(3)15-7-4-5-8-16(15)18/h4-5,7-8,12-13H,6,9-11H2,1-3H3,(H,24,25). The van der Waals surface area contributed by atoms with Gasteiger partial charge in [0.2, 0.25) is 5.91 Å². The molecule has 0 unspecified atom stereocenters. The third-order valence-corrected chi connectivity index (χ3v) is 5.00. The molecule has 4 nitrogen and oxygen atoms in total. The number of rotatable bonds is 7. The Hall–Kier alpha value is -1.88. The topological polar surface area (TPSA) is 57.6 Å². The Morgan fingerprint density at radius 1 is 1.20 bits per heavy atom. The Balaban J connectivity index is 2.49. The Morgan fingerprint density at radius 3 is 2.44 bits per heavy atom. The average molecular weight is 406 g/mol. The maximum atomic E-state index is 12.8. The summed E-state index contributed by atoms with van der Waals surface area (Å²) in [6.45, 7) is 6.46. The Bertz CT molecular complexity index is 786. The van der Waals surface area contributed by atoms with Gasteiger partial charge < -0.3 is 10.0 Å². The van der Waals surface area contributed by atoms with Gasteiger partial charge in [-0.1, -0.05) is 54.0 Å². The van der Waals surface area contributed by atoms with Crippen molar-refractivity contribution in [3.8, 4) is 0 Å². The number of hydrogen-bond acceptors (Lipinski definition) is 2. The molecular weight excluding hydrogens is 382 g/mol. The molecule has 0 heterocycles. The molecule has 25 heavy (non-hydrogen) atoms. The van der Waals surface area contributed by atoms with Crippen LogP contribution in [0.4, 0.5) is 5.69 Å². The molecule has 0 fully saturated rings. The molecule has 5 heteroatoms. The van der Waals surface area contributed by atoms with Crippen molar-refractivity contribution in [2.75, 3.05) is 11.4 Å². The molecular formula is C20H24BrNO3. The van der Waals surface area contributed by atoms with Crippen molar-refractivity contribution in [3.63, 3.8) is 0 Å². The lowest BCUT2D eigenvalue weighted by Gasteiger charge is -2.26. The fourth-order valence-electron chi connectivity index (χ4n) is 2.92. The van der Waals surface area contributed by atoms with Crippen LogP contribution in [-0.4, -0.2) is 23.5 Å². The van der Waals surface area contributed by atoms with Crippen molar-refractivity contribution in [3.05, 3.63) is 40.4 Å². The van der Waals surface area contributed by atoms with Gasteiger partial charge >= 0.3 is 5.97 Å². The first-order chi connectivity index (χ1) is 11.8. The number of hydrogen-bond donors (Lipinski definition) is 1. The fourth-order valence-corrected chi connectivity index (χ4v) is 3.35. The predicted octanol–water partition coefficient (Wildman–Crippen LogP) is 5.15. The zero-order chi connectivity index (χ0) is 18.6. The molecule has 0 aromatic heterocycles. The number of halogens is 1. The first-order valence-corrected chi connectivity index (χ1v) is 9.30. The summed E-state index contributed by atoms with van der Waals surface area (Å²) in [6.07, 6.45) is 0.919. The summed E-state index contributed by atoms with van der Waals surface area (Å²) in [5.74, 6) is -0.567. The number of anilines is 1. The summed E-state index contributed by atoms with van der Waals surface area (Å²) < 4.78 is 0.946. The van der Waals surface area contributed by atoms with Crippen LogP contribution in [0.5, 0.6) is 0 Å². The average Bonchev–Trinajstić information content (AvgIpc) is 2.54. The second kappa shape index (κ2) is 8.48. The summed E-state index contributed by atoms with van der Waals surface area (Å²) >= 11 is 3.59. The van der Waals surface area contributed by atoms with Gasteiger partial charge in [-0.25, -0.2) is 0 Å². The molecule has 1 N–H and O–H groups in total. The van der Waals surface area contributed by atoms with Crippen LogP contribution < -0.4 is 4.90 Å². The van der Waals surface area contributed by atoms with Gasteiger partial charge in [-0.3, -0.25) is 9.59 Å². The highest BCUT2D eigenvalue weighted by molar-refractivity contribution is 9.10. The number of carboxylic acids is 1. The monoisotopic (exact) mass is 405 g/mol. The number of nitrogens with zero attached hydrogens (tertiary/aromatic N) is 1. The van der Waals surface area contributed by atoms with E-state index in [1.165, 1.54) is 0 Å². The summed E-state index contributed by atoms with van der Waals surface area (Å²) in [5.41, 5.74) is 1.96. The highest BCUT2D eigenvalue weighted by Gasteiger charge is 2.20. The van der Waals surface area contributed by atoms with Gasteiger partial charge in [0, 0.05) is 29.2 Å². The molecule has 0 spiro atoms. The van der Waals surface area contributed by atoms with Gasteiger partial charge in [-0.05, 0) is 36.3 Å². The van der Waals surface area contributed by atoms with Gasteiger partial charge in [-0.15, -0.1) is 0 Å². The molecule has 0 bridgehead atoms. The molecule has 2 rings (SSSR count). The second-order valence-corrected chi connectivity index (χ2v) is 7.54. The van der Waals surface area contributed by atoms with Gasteiger partial charge in [0.05, 0.1) is 5.69 Å². The van der Waals surface area contributed by atoms with E-state index < -0.39 is 5.97 Å². The molecule has 1 amide bonds. The third kappa shape index (κ3) is 4.82. The number of fused-ring (bicyclic) bond motifs is 1. The SMILES string of the molecule is Cc1c(Br)cc(N(CCCC(=O)O)C(=O)CC(C)C)c2ccccc12. The van der Waals surface area contributed by atoms with E-state index in [1.807, 2.05) is 51.1 Å². The van der Waals surface area contributed by atoms with E-state index in [1.54, 1.807) is 4.90 Å². The highest BCUT2D eigenvalue weighted by Crippen LogP contribution is 2.35. The number of amides is 1. The summed E-state index contributed by atoms with van der Waals surface area (Å²) in [7, 11) is 0.